The summed E-state index contributed by atoms with van der Waals surface area (Å²) in [6.07, 6.45) is 2.10. The lowest BCUT2D eigenvalue weighted by Crippen LogP contribution is -2.02. The minimum Gasteiger partial charge on any atom is -0.380 e. The van der Waals surface area contributed by atoms with E-state index >= 15 is 0 Å². The maximum atomic E-state index is 4.59. The van der Waals surface area contributed by atoms with Crippen LogP contribution < -0.4 is 5.32 Å². The average molecular weight is 294 g/mol. The standard InChI is InChI=1S/C18H18N2S/c1-13-11-14(15-7-3-4-8-16(15)20-13)12-19-17-9-5-6-10-18(17)21-2/h3-11,19H,12H2,1-2H3. The second-order valence-corrected chi connectivity index (χ2v) is 5.84. The zero-order valence-electron chi connectivity index (χ0n) is 12.3. The van der Waals surface area contributed by atoms with Crippen molar-refractivity contribution in [1.82, 2.24) is 4.98 Å². The molecule has 0 saturated carbocycles. The molecule has 0 saturated heterocycles. The molecule has 21 heavy (non-hydrogen) atoms. The van der Waals surface area contributed by atoms with Crippen molar-refractivity contribution in [1.29, 1.82) is 0 Å². The second-order valence-electron chi connectivity index (χ2n) is 4.99. The van der Waals surface area contributed by atoms with Gasteiger partial charge in [-0.25, -0.2) is 0 Å². The van der Waals surface area contributed by atoms with Gasteiger partial charge in [0.05, 0.1) is 5.52 Å². The lowest BCUT2D eigenvalue weighted by Gasteiger charge is -2.12. The highest BCUT2D eigenvalue weighted by Gasteiger charge is 2.05. The van der Waals surface area contributed by atoms with Crippen molar-refractivity contribution in [2.45, 2.75) is 18.4 Å². The van der Waals surface area contributed by atoms with Crippen molar-refractivity contribution in [2.24, 2.45) is 0 Å². The van der Waals surface area contributed by atoms with Crippen LogP contribution in [-0.4, -0.2) is 11.2 Å². The first-order valence-electron chi connectivity index (χ1n) is 7.00. The van der Waals surface area contributed by atoms with Crippen LogP contribution in [0.15, 0.2) is 59.5 Å². The monoisotopic (exact) mass is 294 g/mol. The van der Waals surface area contributed by atoms with Crippen LogP contribution in [0.25, 0.3) is 10.9 Å². The molecular weight excluding hydrogens is 276 g/mol. The predicted octanol–water partition coefficient (Wildman–Crippen LogP) is 4.88. The third-order valence-electron chi connectivity index (χ3n) is 3.51. The number of nitrogens with zero attached hydrogens (tertiary/aromatic N) is 1. The van der Waals surface area contributed by atoms with Crippen LogP contribution in [-0.2, 0) is 6.54 Å². The Kier molecular flexibility index (Phi) is 4.11. The lowest BCUT2D eigenvalue weighted by atomic mass is 10.1. The fourth-order valence-electron chi connectivity index (χ4n) is 2.52. The number of aryl methyl sites for hydroxylation is 1. The second kappa shape index (κ2) is 6.19. The van der Waals surface area contributed by atoms with Gasteiger partial charge in [0.2, 0.25) is 0 Å². The van der Waals surface area contributed by atoms with Crippen LogP contribution in [0.2, 0.25) is 0 Å². The molecule has 3 heteroatoms. The number of pyridine rings is 1. The van der Waals surface area contributed by atoms with Crippen LogP contribution in [0.4, 0.5) is 5.69 Å². The predicted molar refractivity (Wildman–Crippen MR) is 92.0 cm³/mol. The average Bonchev–Trinajstić information content (AvgIpc) is 2.52. The molecule has 0 bridgehead atoms. The van der Waals surface area contributed by atoms with Crippen molar-refractivity contribution >= 4 is 28.4 Å². The van der Waals surface area contributed by atoms with Crippen LogP contribution >= 0.6 is 11.8 Å². The zero-order valence-corrected chi connectivity index (χ0v) is 13.1. The van der Waals surface area contributed by atoms with Gasteiger partial charge in [0.1, 0.15) is 0 Å². The molecular formula is C18H18N2S. The van der Waals surface area contributed by atoms with Crippen molar-refractivity contribution in [3.8, 4) is 0 Å². The number of rotatable bonds is 4. The Morgan fingerprint density at radius 2 is 1.81 bits per heavy atom. The SMILES string of the molecule is CSc1ccccc1NCc1cc(C)nc2ccccc12. The van der Waals surface area contributed by atoms with Gasteiger partial charge in [-0.2, -0.15) is 0 Å². The smallest absolute Gasteiger partial charge is 0.0708 e. The molecule has 106 valence electrons. The molecule has 0 unspecified atom stereocenters. The molecule has 2 aromatic carbocycles. The van der Waals surface area contributed by atoms with Gasteiger partial charge in [0, 0.05) is 28.2 Å². The van der Waals surface area contributed by atoms with E-state index in [1.54, 1.807) is 11.8 Å². The van der Waals surface area contributed by atoms with E-state index in [-0.39, 0.29) is 0 Å². The van der Waals surface area contributed by atoms with Gasteiger partial charge in [-0.1, -0.05) is 30.3 Å². The Morgan fingerprint density at radius 3 is 2.67 bits per heavy atom. The van der Waals surface area contributed by atoms with Gasteiger partial charge < -0.3 is 5.32 Å². The summed E-state index contributed by atoms with van der Waals surface area (Å²) in [5.74, 6) is 0. The fraction of sp³-hybridized carbons (Fsp3) is 0.167. The first kappa shape index (κ1) is 14.0. The van der Waals surface area contributed by atoms with Gasteiger partial charge in [-0.3, -0.25) is 4.98 Å². The topological polar surface area (TPSA) is 24.9 Å². The highest BCUT2D eigenvalue weighted by Crippen LogP contribution is 2.26. The first-order chi connectivity index (χ1) is 10.3. The number of para-hydroxylation sites is 2. The minimum atomic E-state index is 0.807. The summed E-state index contributed by atoms with van der Waals surface area (Å²) >= 11 is 1.76. The summed E-state index contributed by atoms with van der Waals surface area (Å²) in [5.41, 5.74) is 4.59. The van der Waals surface area contributed by atoms with Crippen molar-refractivity contribution in [2.75, 3.05) is 11.6 Å². The molecule has 0 fully saturated rings. The number of thioether (sulfide) groups is 1. The Hall–Kier alpha value is -2.00. The van der Waals surface area contributed by atoms with Gasteiger partial charge >= 0.3 is 0 Å². The van der Waals surface area contributed by atoms with E-state index in [1.807, 2.05) is 13.0 Å². The molecule has 3 rings (SSSR count). The molecule has 0 aliphatic heterocycles. The molecule has 1 heterocycles. The summed E-state index contributed by atoms with van der Waals surface area (Å²) < 4.78 is 0. The molecule has 0 radical (unpaired) electrons. The Morgan fingerprint density at radius 1 is 1.05 bits per heavy atom. The van der Waals surface area contributed by atoms with Gasteiger partial charge in [-0.05, 0) is 43.0 Å². The molecule has 0 aliphatic carbocycles. The number of benzene rings is 2. The van der Waals surface area contributed by atoms with Crippen LogP contribution in [0.5, 0.6) is 0 Å². The van der Waals surface area contributed by atoms with Gasteiger partial charge in [0.25, 0.3) is 0 Å². The maximum absolute atomic E-state index is 4.59. The third kappa shape index (κ3) is 3.03. The van der Waals surface area contributed by atoms with Crippen LogP contribution in [0.3, 0.4) is 0 Å². The third-order valence-corrected chi connectivity index (χ3v) is 4.30. The first-order valence-corrected chi connectivity index (χ1v) is 8.22. The minimum absolute atomic E-state index is 0.807. The van der Waals surface area contributed by atoms with E-state index in [1.165, 1.54) is 21.5 Å². The normalized spacial score (nSPS) is 10.8. The van der Waals surface area contributed by atoms with Crippen LogP contribution in [0, 0.1) is 6.92 Å². The summed E-state index contributed by atoms with van der Waals surface area (Å²) in [6.45, 7) is 2.85. The summed E-state index contributed by atoms with van der Waals surface area (Å²) in [5, 5.41) is 4.77. The number of anilines is 1. The zero-order chi connectivity index (χ0) is 14.7. The number of fused-ring (bicyclic) bond motifs is 1. The number of aromatic nitrogens is 1. The van der Waals surface area contributed by atoms with E-state index in [0.29, 0.717) is 0 Å². The lowest BCUT2D eigenvalue weighted by molar-refractivity contribution is 1.12. The van der Waals surface area contributed by atoms with E-state index in [9.17, 15) is 0 Å². The molecule has 1 N–H and O–H groups in total. The van der Waals surface area contributed by atoms with Crippen molar-refractivity contribution in [3.63, 3.8) is 0 Å². The molecule has 2 nitrogen and oxygen atoms in total. The summed E-state index contributed by atoms with van der Waals surface area (Å²) in [6, 6.07) is 18.9. The number of nitrogens with one attached hydrogen (secondary N) is 1. The van der Waals surface area contributed by atoms with Crippen molar-refractivity contribution < 1.29 is 0 Å². The Balaban J connectivity index is 1.92. The van der Waals surface area contributed by atoms with Crippen molar-refractivity contribution in [3.05, 3.63) is 65.9 Å². The molecule has 0 atom stereocenters. The molecule has 1 aromatic heterocycles. The molecule has 0 amide bonds. The highest BCUT2D eigenvalue weighted by atomic mass is 32.2. The largest absolute Gasteiger partial charge is 0.380 e. The Labute approximate surface area is 129 Å². The summed E-state index contributed by atoms with van der Waals surface area (Å²) in [7, 11) is 0. The van der Waals surface area contributed by atoms with Gasteiger partial charge in [-0.15, -0.1) is 11.8 Å². The van der Waals surface area contributed by atoms with E-state index in [4.69, 9.17) is 0 Å². The van der Waals surface area contributed by atoms with Gasteiger partial charge in [0.15, 0.2) is 0 Å². The van der Waals surface area contributed by atoms with E-state index in [0.717, 1.165) is 17.8 Å². The fourth-order valence-corrected chi connectivity index (χ4v) is 3.10. The molecule has 0 aliphatic rings. The quantitative estimate of drug-likeness (QED) is 0.694. The maximum Gasteiger partial charge on any atom is 0.0708 e. The van der Waals surface area contributed by atoms with Crippen LogP contribution in [0.1, 0.15) is 11.3 Å². The number of hydrogen-bond acceptors (Lipinski definition) is 3. The Bertz CT molecular complexity index is 768. The summed E-state index contributed by atoms with van der Waals surface area (Å²) in [4.78, 5) is 5.86. The molecule has 0 spiro atoms. The number of hydrogen-bond donors (Lipinski definition) is 1. The highest BCUT2D eigenvalue weighted by molar-refractivity contribution is 7.98. The van der Waals surface area contributed by atoms with E-state index < -0.39 is 0 Å². The van der Waals surface area contributed by atoms with E-state index in [2.05, 4.69) is 65.1 Å². The molecule has 3 aromatic rings.